The van der Waals surface area contributed by atoms with Gasteiger partial charge in [-0.1, -0.05) is 26.8 Å². The standard InChI is InChI=1S/C25H35NO9/c1-16(27)20-14-18(8-10-21(20)35-23(31)7-6-12-33-17(2)28)13-19(9-11-22(29)30)26-24(32)34-15-25(3,4)5/h8,10,14,19H,6-7,9,11-13,15H2,1-5H3,(H,26,32)(H,29,30). The molecule has 1 aromatic carbocycles. The molecule has 0 fully saturated rings. The number of amides is 1. The van der Waals surface area contributed by atoms with Crippen molar-refractivity contribution in [3.05, 3.63) is 29.3 Å². The fourth-order valence-corrected chi connectivity index (χ4v) is 2.97. The lowest BCUT2D eigenvalue weighted by atomic mass is 9.98. The normalized spacial score (nSPS) is 11.8. The number of nitrogens with one attached hydrogen (secondary N) is 1. The number of benzene rings is 1. The molecule has 10 heteroatoms. The zero-order valence-corrected chi connectivity index (χ0v) is 21.0. The molecule has 1 unspecified atom stereocenters. The van der Waals surface area contributed by atoms with Crippen LogP contribution in [0.4, 0.5) is 4.79 Å². The highest BCUT2D eigenvalue weighted by atomic mass is 16.6. The van der Waals surface area contributed by atoms with Crippen LogP contribution in [0.2, 0.25) is 0 Å². The van der Waals surface area contributed by atoms with Crippen LogP contribution in [0.5, 0.6) is 5.75 Å². The van der Waals surface area contributed by atoms with Crippen LogP contribution < -0.4 is 10.1 Å². The van der Waals surface area contributed by atoms with Crippen molar-refractivity contribution in [2.24, 2.45) is 5.41 Å². The molecule has 0 saturated carbocycles. The van der Waals surface area contributed by atoms with Crippen LogP contribution in [0.3, 0.4) is 0 Å². The molecular formula is C25H35NO9. The van der Waals surface area contributed by atoms with Gasteiger partial charge in [-0.2, -0.15) is 0 Å². The van der Waals surface area contributed by atoms with Crippen LogP contribution in [-0.4, -0.2) is 54.1 Å². The molecule has 0 aliphatic carbocycles. The molecule has 0 aromatic heterocycles. The third-order valence-corrected chi connectivity index (χ3v) is 4.62. The molecule has 0 saturated heterocycles. The number of carboxylic acid groups (broad SMARTS) is 1. The van der Waals surface area contributed by atoms with Crippen molar-refractivity contribution in [2.75, 3.05) is 13.2 Å². The van der Waals surface area contributed by atoms with Gasteiger partial charge in [-0.25, -0.2) is 4.79 Å². The van der Waals surface area contributed by atoms with Crippen molar-refractivity contribution < 1.29 is 43.3 Å². The van der Waals surface area contributed by atoms with E-state index in [1.807, 2.05) is 20.8 Å². The zero-order valence-electron chi connectivity index (χ0n) is 21.0. The Bertz CT molecular complexity index is 918. The SMILES string of the molecule is CC(=O)OCCCC(=O)Oc1ccc(CC(CCC(=O)O)NC(=O)OCC(C)(C)C)cc1C(C)=O. The van der Waals surface area contributed by atoms with E-state index in [-0.39, 0.29) is 67.8 Å². The summed E-state index contributed by atoms with van der Waals surface area (Å²) in [5.74, 6) is -2.24. The monoisotopic (exact) mass is 493 g/mol. The van der Waals surface area contributed by atoms with Gasteiger partial charge in [0.15, 0.2) is 5.78 Å². The van der Waals surface area contributed by atoms with Crippen molar-refractivity contribution in [1.82, 2.24) is 5.32 Å². The lowest BCUT2D eigenvalue weighted by Gasteiger charge is -2.22. The van der Waals surface area contributed by atoms with Gasteiger partial charge in [0.25, 0.3) is 0 Å². The molecule has 1 rings (SSSR count). The molecule has 35 heavy (non-hydrogen) atoms. The maximum Gasteiger partial charge on any atom is 0.407 e. The maximum absolute atomic E-state index is 12.2. The highest BCUT2D eigenvalue weighted by molar-refractivity contribution is 5.97. The minimum atomic E-state index is -1.000. The number of alkyl carbamates (subject to hydrolysis) is 1. The van der Waals surface area contributed by atoms with E-state index >= 15 is 0 Å². The Morgan fingerprint density at radius 2 is 1.71 bits per heavy atom. The first-order valence-electron chi connectivity index (χ1n) is 11.4. The molecule has 0 heterocycles. The van der Waals surface area contributed by atoms with Gasteiger partial charge in [-0.05, 0) is 49.3 Å². The average Bonchev–Trinajstić information content (AvgIpc) is 2.74. The second-order valence-corrected chi connectivity index (χ2v) is 9.42. The predicted octanol–water partition coefficient (Wildman–Crippen LogP) is 3.69. The van der Waals surface area contributed by atoms with Gasteiger partial charge >= 0.3 is 24.0 Å². The van der Waals surface area contributed by atoms with E-state index in [1.165, 1.54) is 19.9 Å². The van der Waals surface area contributed by atoms with E-state index in [2.05, 4.69) is 5.32 Å². The van der Waals surface area contributed by atoms with E-state index in [0.29, 0.717) is 5.56 Å². The third kappa shape index (κ3) is 13.1. The van der Waals surface area contributed by atoms with Crippen molar-refractivity contribution in [3.63, 3.8) is 0 Å². The Labute approximate surface area is 205 Å². The van der Waals surface area contributed by atoms with Gasteiger partial charge in [-0.15, -0.1) is 0 Å². The van der Waals surface area contributed by atoms with Crippen LogP contribution in [0.25, 0.3) is 0 Å². The number of rotatable bonds is 13. The molecule has 1 atom stereocenters. The number of carboxylic acids is 1. The van der Waals surface area contributed by atoms with Crippen LogP contribution in [0.15, 0.2) is 18.2 Å². The predicted molar refractivity (Wildman–Crippen MR) is 126 cm³/mol. The minimum absolute atomic E-state index is 0.00420. The van der Waals surface area contributed by atoms with Gasteiger partial charge in [0, 0.05) is 25.8 Å². The Balaban J connectivity index is 2.89. The smallest absolute Gasteiger partial charge is 0.407 e. The molecule has 2 N–H and O–H groups in total. The fourth-order valence-electron chi connectivity index (χ4n) is 2.97. The minimum Gasteiger partial charge on any atom is -0.481 e. The van der Waals surface area contributed by atoms with Crippen LogP contribution in [-0.2, 0) is 30.3 Å². The second kappa shape index (κ2) is 14.1. The Kier molecular flexibility index (Phi) is 11.9. The molecule has 0 aliphatic rings. The van der Waals surface area contributed by atoms with Gasteiger partial charge in [0.1, 0.15) is 5.75 Å². The second-order valence-electron chi connectivity index (χ2n) is 9.42. The summed E-state index contributed by atoms with van der Waals surface area (Å²) >= 11 is 0. The van der Waals surface area contributed by atoms with E-state index < -0.39 is 30.0 Å². The first kappa shape index (κ1) is 29.6. The summed E-state index contributed by atoms with van der Waals surface area (Å²) < 4.78 is 15.3. The van der Waals surface area contributed by atoms with E-state index in [9.17, 15) is 24.0 Å². The lowest BCUT2D eigenvalue weighted by Crippen LogP contribution is -2.38. The number of ketones is 1. The number of esters is 2. The number of carbonyl (C=O) groups excluding carboxylic acids is 4. The first-order chi connectivity index (χ1) is 16.3. The number of hydrogen-bond donors (Lipinski definition) is 2. The van der Waals surface area contributed by atoms with Gasteiger partial charge in [0.05, 0.1) is 18.8 Å². The maximum atomic E-state index is 12.2. The van der Waals surface area contributed by atoms with Gasteiger partial charge in [-0.3, -0.25) is 19.2 Å². The van der Waals surface area contributed by atoms with Crippen molar-refractivity contribution >= 4 is 29.8 Å². The number of aliphatic carboxylic acids is 1. The number of hydrogen-bond acceptors (Lipinski definition) is 8. The van der Waals surface area contributed by atoms with Crippen LogP contribution in [0.1, 0.15) is 76.2 Å². The molecule has 0 radical (unpaired) electrons. The topological polar surface area (TPSA) is 145 Å². The Hall–Kier alpha value is -3.43. The molecule has 10 nitrogen and oxygen atoms in total. The summed E-state index contributed by atoms with van der Waals surface area (Å²) in [6.45, 7) is 8.64. The van der Waals surface area contributed by atoms with Crippen LogP contribution >= 0.6 is 0 Å². The van der Waals surface area contributed by atoms with Crippen molar-refractivity contribution in [2.45, 2.75) is 72.8 Å². The largest absolute Gasteiger partial charge is 0.481 e. The van der Waals surface area contributed by atoms with E-state index in [4.69, 9.17) is 19.3 Å². The Morgan fingerprint density at radius 3 is 2.29 bits per heavy atom. The van der Waals surface area contributed by atoms with Gasteiger partial charge in [0.2, 0.25) is 0 Å². The quantitative estimate of drug-likeness (QED) is 0.182. The molecule has 0 aliphatic heterocycles. The summed E-state index contributed by atoms with van der Waals surface area (Å²) in [7, 11) is 0. The van der Waals surface area contributed by atoms with Crippen LogP contribution in [0, 0.1) is 5.41 Å². The molecule has 0 spiro atoms. The lowest BCUT2D eigenvalue weighted by molar-refractivity contribution is -0.142. The van der Waals surface area contributed by atoms with E-state index in [0.717, 1.165) is 0 Å². The molecule has 1 amide bonds. The van der Waals surface area contributed by atoms with Crippen molar-refractivity contribution in [3.8, 4) is 5.75 Å². The van der Waals surface area contributed by atoms with E-state index in [1.54, 1.807) is 12.1 Å². The number of ether oxygens (including phenoxy) is 3. The summed E-state index contributed by atoms with van der Waals surface area (Å²) in [4.78, 5) is 58.3. The highest BCUT2D eigenvalue weighted by Crippen LogP contribution is 2.23. The fraction of sp³-hybridized carbons (Fsp3) is 0.560. The zero-order chi connectivity index (χ0) is 26.6. The molecule has 0 bridgehead atoms. The highest BCUT2D eigenvalue weighted by Gasteiger charge is 2.20. The molecule has 194 valence electrons. The number of carbonyl (C=O) groups is 5. The summed E-state index contributed by atoms with van der Waals surface area (Å²) in [6.07, 6.45) is -0.115. The third-order valence-electron chi connectivity index (χ3n) is 4.62. The summed E-state index contributed by atoms with van der Waals surface area (Å²) in [6, 6.07) is 4.14. The molecular weight excluding hydrogens is 458 g/mol. The first-order valence-corrected chi connectivity index (χ1v) is 11.4. The summed E-state index contributed by atoms with van der Waals surface area (Å²) in [5.41, 5.74) is 0.609. The Morgan fingerprint density at radius 1 is 1.03 bits per heavy atom. The molecule has 1 aromatic rings. The number of Topliss-reactive ketones (excluding diaryl/α,β-unsaturated/α-hetero) is 1. The average molecular weight is 494 g/mol. The van der Waals surface area contributed by atoms with Crippen molar-refractivity contribution in [1.29, 1.82) is 0 Å². The summed E-state index contributed by atoms with van der Waals surface area (Å²) in [5, 5.41) is 11.7. The van der Waals surface area contributed by atoms with Gasteiger partial charge < -0.3 is 24.6 Å².